The number of nitrogens with zero attached hydrogens (tertiary/aromatic N) is 1. The molecule has 0 bridgehead atoms. The number of piperidine rings is 1. The van der Waals surface area contributed by atoms with E-state index in [-0.39, 0.29) is 5.91 Å². The Hall–Kier alpha value is -1.84. The summed E-state index contributed by atoms with van der Waals surface area (Å²) in [5, 5.41) is 10.2. The number of hydrogen-bond acceptors (Lipinski definition) is 2. The van der Waals surface area contributed by atoms with Gasteiger partial charge in [-0.05, 0) is 24.0 Å². The van der Waals surface area contributed by atoms with E-state index >= 15 is 0 Å². The molecule has 120 valence electrons. The minimum Gasteiger partial charge on any atom is -0.385 e. The van der Waals surface area contributed by atoms with Crippen molar-refractivity contribution < 1.29 is 9.90 Å². The first kappa shape index (κ1) is 16.0. The summed E-state index contributed by atoms with van der Waals surface area (Å²) in [6.07, 6.45) is 1.06. The van der Waals surface area contributed by atoms with Gasteiger partial charge in [-0.2, -0.15) is 0 Å². The van der Waals surface area contributed by atoms with E-state index in [4.69, 9.17) is 11.6 Å². The third-order valence-corrected chi connectivity index (χ3v) is 4.96. The molecule has 1 aliphatic heterocycles. The van der Waals surface area contributed by atoms with E-state index in [1.54, 1.807) is 4.90 Å². The van der Waals surface area contributed by atoms with Crippen molar-refractivity contribution in [1.29, 1.82) is 0 Å². The van der Waals surface area contributed by atoms with Crippen LogP contribution in [0.2, 0.25) is 0 Å². The van der Waals surface area contributed by atoms with Gasteiger partial charge in [0.2, 0.25) is 5.91 Å². The number of benzene rings is 2. The molecular formula is C19H20ClNO2. The number of alkyl halides is 1. The molecule has 3 rings (SSSR count). The van der Waals surface area contributed by atoms with Crippen LogP contribution in [0.1, 0.15) is 29.3 Å². The summed E-state index contributed by atoms with van der Waals surface area (Å²) in [5.74, 6) is -0.0898. The van der Waals surface area contributed by atoms with Gasteiger partial charge in [0.1, 0.15) is 5.38 Å². The summed E-state index contributed by atoms with van der Waals surface area (Å²) >= 11 is 6.32. The SMILES string of the molecule is O=C(C(Cl)c1ccccc1)N1CCC(O)(c2ccccc2)CC1. The zero-order chi connectivity index (χ0) is 16.3. The van der Waals surface area contributed by atoms with Gasteiger partial charge >= 0.3 is 0 Å². The van der Waals surface area contributed by atoms with E-state index < -0.39 is 11.0 Å². The van der Waals surface area contributed by atoms with E-state index in [1.165, 1.54) is 0 Å². The Morgan fingerprint density at radius 2 is 1.52 bits per heavy atom. The van der Waals surface area contributed by atoms with Gasteiger partial charge in [0.15, 0.2) is 0 Å². The Kier molecular flexibility index (Phi) is 4.69. The molecule has 3 nitrogen and oxygen atoms in total. The van der Waals surface area contributed by atoms with Crippen molar-refractivity contribution in [1.82, 2.24) is 4.90 Å². The lowest BCUT2D eigenvalue weighted by Gasteiger charge is -2.39. The van der Waals surface area contributed by atoms with Crippen LogP contribution >= 0.6 is 11.6 Å². The van der Waals surface area contributed by atoms with Gasteiger partial charge in [0.25, 0.3) is 0 Å². The van der Waals surface area contributed by atoms with Crippen LogP contribution in [0, 0.1) is 0 Å². The van der Waals surface area contributed by atoms with Gasteiger partial charge in [0.05, 0.1) is 5.60 Å². The third-order valence-electron chi connectivity index (χ3n) is 4.52. The summed E-state index contributed by atoms with van der Waals surface area (Å²) in [7, 11) is 0. The first-order valence-corrected chi connectivity index (χ1v) is 8.29. The number of carbonyl (C=O) groups is 1. The average Bonchev–Trinajstić information content (AvgIpc) is 2.63. The zero-order valence-corrected chi connectivity index (χ0v) is 13.6. The van der Waals surface area contributed by atoms with Gasteiger partial charge in [-0.3, -0.25) is 4.79 Å². The quantitative estimate of drug-likeness (QED) is 0.876. The number of likely N-dealkylation sites (tertiary alicyclic amines) is 1. The fraction of sp³-hybridized carbons (Fsp3) is 0.316. The lowest BCUT2D eigenvalue weighted by Crippen LogP contribution is -2.46. The summed E-state index contributed by atoms with van der Waals surface area (Å²) in [6, 6.07) is 19.0. The number of amides is 1. The number of aliphatic hydroxyl groups is 1. The predicted octanol–water partition coefficient (Wildman–Crippen LogP) is 3.48. The van der Waals surface area contributed by atoms with Gasteiger partial charge in [-0.1, -0.05) is 60.7 Å². The van der Waals surface area contributed by atoms with Crippen LogP contribution in [0.4, 0.5) is 0 Å². The maximum absolute atomic E-state index is 12.6. The standard InChI is InChI=1S/C19H20ClNO2/c20-17(15-7-3-1-4-8-15)18(22)21-13-11-19(23,12-14-21)16-9-5-2-6-10-16/h1-10,17,23H,11-14H2. The van der Waals surface area contributed by atoms with E-state index in [0.29, 0.717) is 25.9 Å². The lowest BCUT2D eigenvalue weighted by molar-refractivity contribution is -0.135. The second-order valence-electron chi connectivity index (χ2n) is 6.00. The molecule has 1 aliphatic rings. The van der Waals surface area contributed by atoms with Crippen LogP contribution < -0.4 is 0 Å². The van der Waals surface area contributed by atoms with Crippen molar-refractivity contribution in [2.45, 2.75) is 23.8 Å². The molecule has 2 aromatic carbocycles. The third kappa shape index (κ3) is 3.41. The summed E-state index contributed by atoms with van der Waals surface area (Å²) in [5.41, 5.74) is 0.868. The van der Waals surface area contributed by atoms with Crippen molar-refractivity contribution >= 4 is 17.5 Å². The van der Waals surface area contributed by atoms with E-state index in [9.17, 15) is 9.90 Å². The molecule has 4 heteroatoms. The molecule has 1 atom stereocenters. The molecule has 1 saturated heterocycles. The maximum atomic E-state index is 12.6. The van der Waals surface area contributed by atoms with Crippen molar-refractivity contribution in [2.75, 3.05) is 13.1 Å². The summed E-state index contributed by atoms with van der Waals surface area (Å²) in [4.78, 5) is 14.3. The zero-order valence-electron chi connectivity index (χ0n) is 12.9. The second kappa shape index (κ2) is 6.73. The molecule has 0 saturated carbocycles. The molecule has 1 N–H and O–H groups in total. The van der Waals surface area contributed by atoms with Crippen molar-refractivity contribution in [3.63, 3.8) is 0 Å². The summed E-state index contributed by atoms with van der Waals surface area (Å²) < 4.78 is 0. The number of carbonyl (C=O) groups excluding carboxylic acids is 1. The molecule has 23 heavy (non-hydrogen) atoms. The Balaban J connectivity index is 1.66. The molecule has 0 aliphatic carbocycles. The highest BCUT2D eigenvalue weighted by molar-refractivity contribution is 6.30. The van der Waals surface area contributed by atoms with Gasteiger partial charge in [-0.15, -0.1) is 11.6 Å². The largest absolute Gasteiger partial charge is 0.385 e. The molecule has 2 aromatic rings. The number of rotatable bonds is 3. The van der Waals surface area contributed by atoms with Crippen LogP contribution in [0.15, 0.2) is 60.7 Å². The molecule has 0 radical (unpaired) electrons. The van der Waals surface area contributed by atoms with Crippen molar-refractivity contribution in [3.8, 4) is 0 Å². The average molecular weight is 330 g/mol. The van der Waals surface area contributed by atoms with E-state index in [1.807, 2.05) is 60.7 Å². The first-order valence-electron chi connectivity index (χ1n) is 7.86. The Bertz CT molecular complexity index is 652. The lowest BCUT2D eigenvalue weighted by atomic mass is 9.84. The molecule has 1 unspecified atom stereocenters. The van der Waals surface area contributed by atoms with Crippen LogP contribution in [-0.2, 0) is 10.4 Å². The second-order valence-corrected chi connectivity index (χ2v) is 6.43. The van der Waals surface area contributed by atoms with Crippen LogP contribution in [0.25, 0.3) is 0 Å². The van der Waals surface area contributed by atoms with E-state index in [0.717, 1.165) is 11.1 Å². The Morgan fingerprint density at radius 3 is 2.09 bits per heavy atom. The molecule has 1 amide bonds. The fourth-order valence-corrected chi connectivity index (χ4v) is 3.34. The van der Waals surface area contributed by atoms with Crippen molar-refractivity contribution in [2.24, 2.45) is 0 Å². The molecule has 0 spiro atoms. The maximum Gasteiger partial charge on any atom is 0.245 e. The topological polar surface area (TPSA) is 40.5 Å². The fourth-order valence-electron chi connectivity index (χ4n) is 3.06. The van der Waals surface area contributed by atoms with Crippen LogP contribution in [0.5, 0.6) is 0 Å². The number of hydrogen-bond donors (Lipinski definition) is 1. The van der Waals surface area contributed by atoms with Gasteiger partial charge in [-0.25, -0.2) is 0 Å². The monoisotopic (exact) mass is 329 g/mol. The Morgan fingerprint density at radius 1 is 1.00 bits per heavy atom. The van der Waals surface area contributed by atoms with Crippen molar-refractivity contribution in [3.05, 3.63) is 71.8 Å². The molecule has 1 fully saturated rings. The first-order chi connectivity index (χ1) is 11.1. The minimum absolute atomic E-state index is 0.0898. The highest BCUT2D eigenvalue weighted by Crippen LogP contribution is 2.34. The predicted molar refractivity (Wildman–Crippen MR) is 91.2 cm³/mol. The summed E-state index contributed by atoms with van der Waals surface area (Å²) in [6.45, 7) is 1.03. The smallest absolute Gasteiger partial charge is 0.245 e. The Labute approximate surface area is 141 Å². The molecule has 1 heterocycles. The highest BCUT2D eigenvalue weighted by Gasteiger charge is 2.36. The normalized spacial score (nSPS) is 18.4. The van der Waals surface area contributed by atoms with Crippen LogP contribution in [-0.4, -0.2) is 29.0 Å². The van der Waals surface area contributed by atoms with Crippen LogP contribution in [0.3, 0.4) is 0 Å². The molecule has 0 aromatic heterocycles. The minimum atomic E-state index is -0.855. The number of halogens is 1. The molecular weight excluding hydrogens is 310 g/mol. The highest BCUT2D eigenvalue weighted by atomic mass is 35.5. The van der Waals surface area contributed by atoms with Gasteiger partial charge in [0, 0.05) is 13.1 Å². The van der Waals surface area contributed by atoms with E-state index in [2.05, 4.69) is 0 Å². The van der Waals surface area contributed by atoms with Gasteiger partial charge < -0.3 is 10.0 Å².